The summed E-state index contributed by atoms with van der Waals surface area (Å²) in [5.74, 6) is -1.30. The number of amides is 1. The average molecular weight is 295 g/mol. The Kier molecular flexibility index (Phi) is 4.52. The third-order valence-electron chi connectivity index (χ3n) is 3.86. The summed E-state index contributed by atoms with van der Waals surface area (Å²) in [7, 11) is 3.68. The minimum absolute atomic E-state index is 0.0782. The van der Waals surface area contributed by atoms with Crippen molar-refractivity contribution in [3.8, 4) is 0 Å². The predicted molar refractivity (Wildman–Crippen MR) is 75.7 cm³/mol. The number of hydrogen-bond acceptors (Lipinski definition) is 4. The van der Waals surface area contributed by atoms with E-state index in [1.165, 1.54) is 6.07 Å². The van der Waals surface area contributed by atoms with Gasteiger partial charge in [-0.25, -0.2) is 0 Å². The summed E-state index contributed by atoms with van der Waals surface area (Å²) in [6, 6.07) is 3.34. The standard InChI is InChI=1S/C14H18FN3O3/c1-16-7-3-4-11(9-16)17(2)14(19)10-5-6-13(18(20)21)12(15)8-10/h5-6,8,11H,3-4,7,9H2,1-2H3. The Morgan fingerprint density at radius 2 is 2.24 bits per heavy atom. The van der Waals surface area contributed by atoms with Crippen LogP contribution in [0.1, 0.15) is 23.2 Å². The minimum Gasteiger partial charge on any atom is -0.337 e. The Morgan fingerprint density at radius 3 is 2.81 bits per heavy atom. The molecule has 1 aliphatic heterocycles. The summed E-state index contributed by atoms with van der Waals surface area (Å²) < 4.78 is 13.6. The van der Waals surface area contributed by atoms with Crippen LogP contribution < -0.4 is 0 Å². The van der Waals surface area contributed by atoms with E-state index in [9.17, 15) is 19.3 Å². The van der Waals surface area contributed by atoms with Gasteiger partial charge >= 0.3 is 5.69 Å². The van der Waals surface area contributed by atoms with Crippen molar-refractivity contribution in [3.63, 3.8) is 0 Å². The largest absolute Gasteiger partial charge is 0.337 e. The van der Waals surface area contributed by atoms with Gasteiger partial charge in [0.1, 0.15) is 0 Å². The summed E-state index contributed by atoms with van der Waals surface area (Å²) in [6.45, 7) is 1.78. The van der Waals surface area contributed by atoms with Crippen LogP contribution in [0.25, 0.3) is 0 Å². The van der Waals surface area contributed by atoms with Crippen molar-refractivity contribution < 1.29 is 14.1 Å². The summed E-state index contributed by atoms with van der Waals surface area (Å²) in [4.78, 5) is 25.9. The van der Waals surface area contributed by atoms with E-state index in [0.29, 0.717) is 0 Å². The third-order valence-corrected chi connectivity index (χ3v) is 3.86. The highest BCUT2D eigenvalue weighted by Crippen LogP contribution is 2.21. The van der Waals surface area contributed by atoms with E-state index in [1.807, 2.05) is 7.05 Å². The van der Waals surface area contributed by atoms with Gasteiger partial charge in [0.25, 0.3) is 5.91 Å². The molecule has 21 heavy (non-hydrogen) atoms. The molecule has 1 amide bonds. The monoisotopic (exact) mass is 295 g/mol. The lowest BCUT2D eigenvalue weighted by Gasteiger charge is -2.35. The van der Waals surface area contributed by atoms with E-state index in [4.69, 9.17) is 0 Å². The van der Waals surface area contributed by atoms with Gasteiger partial charge in [-0.05, 0) is 38.6 Å². The number of halogens is 1. The fourth-order valence-corrected chi connectivity index (χ4v) is 2.61. The summed E-state index contributed by atoms with van der Waals surface area (Å²) in [6.07, 6.45) is 1.91. The van der Waals surface area contributed by atoms with Gasteiger partial charge in [-0.2, -0.15) is 4.39 Å². The Labute approximate surface area is 122 Å². The SMILES string of the molecule is CN1CCCC(N(C)C(=O)c2ccc([N+](=O)[O-])c(F)c2)C1. The second kappa shape index (κ2) is 6.17. The molecule has 114 valence electrons. The summed E-state index contributed by atoms with van der Waals surface area (Å²) >= 11 is 0. The predicted octanol–water partition coefficient (Wildman–Crippen LogP) is 1.90. The molecular weight excluding hydrogens is 277 g/mol. The van der Waals surface area contributed by atoms with Crippen LogP contribution in [-0.2, 0) is 0 Å². The maximum atomic E-state index is 13.6. The van der Waals surface area contributed by atoms with Crippen molar-refractivity contribution >= 4 is 11.6 Å². The van der Waals surface area contributed by atoms with Crippen molar-refractivity contribution in [2.45, 2.75) is 18.9 Å². The number of likely N-dealkylation sites (N-methyl/N-ethyl adjacent to an activating group) is 2. The fourth-order valence-electron chi connectivity index (χ4n) is 2.61. The molecule has 1 aromatic carbocycles. The highest BCUT2D eigenvalue weighted by Gasteiger charge is 2.26. The van der Waals surface area contributed by atoms with E-state index in [1.54, 1.807) is 11.9 Å². The Balaban J connectivity index is 2.15. The van der Waals surface area contributed by atoms with Crippen LogP contribution in [0.2, 0.25) is 0 Å². The molecule has 1 aliphatic rings. The van der Waals surface area contributed by atoms with Gasteiger partial charge in [0, 0.05) is 31.3 Å². The van der Waals surface area contributed by atoms with E-state index < -0.39 is 16.4 Å². The Morgan fingerprint density at radius 1 is 1.52 bits per heavy atom. The zero-order valence-corrected chi connectivity index (χ0v) is 12.1. The maximum absolute atomic E-state index is 13.6. The number of nitro groups is 1. The second-order valence-electron chi connectivity index (χ2n) is 5.40. The molecular formula is C14H18FN3O3. The number of rotatable bonds is 3. The first-order valence-corrected chi connectivity index (χ1v) is 6.80. The van der Waals surface area contributed by atoms with Gasteiger partial charge in [0.2, 0.25) is 5.82 Å². The number of hydrogen-bond donors (Lipinski definition) is 0. The minimum atomic E-state index is -0.986. The van der Waals surface area contributed by atoms with Gasteiger partial charge in [-0.15, -0.1) is 0 Å². The Hall–Kier alpha value is -2.02. The quantitative estimate of drug-likeness (QED) is 0.631. The topological polar surface area (TPSA) is 66.7 Å². The molecule has 0 radical (unpaired) electrons. The summed E-state index contributed by atoms with van der Waals surface area (Å²) in [5, 5.41) is 10.6. The van der Waals surface area contributed by atoms with Crippen LogP contribution in [0.5, 0.6) is 0 Å². The van der Waals surface area contributed by atoms with Gasteiger partial charge in [0.05, 0.1) is 4.92 Å². The molecule has 1 unspecified atom stereocenters. The molecule has 1 saturated heterocycles. The van der Waals surface area contributed by atoms with Gasteiger partial charge in [-0.1, -0.05) is 0 Å². The van der Waals surface area contributed by atoms with Crippen LogP contribution in [0, 0.1) is 15.9 Å². The zero-order valence-electron chi connectivity index (χ0n) is 12.1. The van der Waals surface area contributed by atoms with Crippen molar-refractivity contribution in [1.82, 2.24) is 9.80 Å². The lowest BCUT2D eigenvalue weighted by Crippen LogP contribution is -2.47. The molecule has 0 aromatic heterocycles. The second-order valence-corrected chi connectivity index (χ2v) is 5.40. The number of piperidine rings is 1. The Bertz CT molecular complexity index is 564. The van der Waals surface area contributed by atoms with Crippen LogP contribution >= 0.6 is 0 Å². The molecule has 0 bridgehead atoms. The number of carbonyl (C=O) groups excluding carboxylic acids is 1. The van der Waals surface area contributed by atoms with Crippen molar-refractivity contribution in [2.75, 3.05) is 27.2 Å². The first-order valence-electron chi connectivity index (χ1n) is 6.80. The third kappa shape index (κ3) is 3.36. The van der Waals surface area contributed by atoms with Gasteiger partial charge in [0.15, 0.2) is 0 Å². The number of benzene rings is 1. The highest BCUT2D eigenvalue weighted by molar-refractivity contribution is 5.94. The van der Waals surface area contributed by atoms with Crippen LogP contribution in [0.15, 0.2) is 18.2 Å². The van der Waals surface area contributed by atoms with Crippen LogP contribution in [0.3, 0.4) is 0 Å². The van der Waals surface area contributed by atoms with E-state index in [0.717, 1.165) is 38.1 Å². The molecule has 1 fully saturated rings. The maximum Gasteiger partial charge on any atom is 0.304 e. The zero-order chi connectivity index (χ0) is 15.6. The fraction of sp³-hybridized carbons (Fsp3) is 0.500. The first-order chi connectivity index (χ1) is 9.90. The van der Waals surface area contributed by atoms with E-state index in [-0.39, 0.29) is 17.5 Å². The summed E-state index contributed by atoms with van der Waals surface area (Å²) in [5.41, 5.74) is -0.486. The van der Waals surface area contributed by atoms with Gasteiger partial charge in [-0.3, -0.25) is 14.9 Å². The molecule has 2 rings (SSSR count). The molecule has 0 aliphatic carbocycles. The van der Waals surface area contributed by atoms with Crippen molar-refractivity contribution in [3.05, 3.63) is 39.7 Å². The van der Waals surface area contributed by atoms with Crippen LogP contribution in [0.4, 0.5) is 10.1 Å². The molecule has 1 atom stereocenters. The number of likely N-dealkylation sites (tertiary alicyclic amines) is 1. The number of carbonyl (C=O) groups is 1. The molecule has 7 heteroatoms. The van der Waals surface area contributed by atoms with Crippen molar-refractivity contribution in [1.29, 1.82) is 0 Å². The first kappa shape index (κ1) is 15.4. The molecule has 0 saturated carbocycles. The smallest absolute Gasteiger partial charge is 0.304 e. The van der Waals surface area contributed by atoms with Gasteiger partial charge < -0.3 is 9.80 Å². The average Bonchev–Trinajstić information content (AvgIpc) is 2.45. The number of nitro benzene ring substituents is 1. The lowest BCUT2D eigenvalue weighted by molar-refractivity contribution is -0.387. The van der Waals surface area contributed by atoms with E-state index in [2.05, 4.69) is 4.90 Å². The van der Waals surface area contributed by atoms with Crippen molar-refractivity contribution in [2.24, 2.45) is 0 Å². The number of nitrogens with zero attached hydrogens (tertiary/aromatic N) is 3. The lowest BCUT2D eigenvalue weighted by atomic mass is 10.0. The molecule has 1 heterocycles. The normalized spacial score (nSPS) is 19.3. The molecule has 1 aromatic rings. The molecule has 6 nitrogen and oxygen atoms in total. The van der Waals surface area contributed by atoms with Crippen LogP contribution in [-0.4, -0.2) is 53.9 Å². The molecule has 0 spiro atoms. The molecule has 0 N–H and O–H groups in total. The van der Waals surface area contributed by atoms with E-state index >= 15 is 0 Å². The highest BCUT2D eigenvalue weighted by atomic mass is 19.1.